The van der Waals surface area contributed by atoms with Crippen molar-refractivity contribution in [3.8, 4) is 0 Å². The summed E-state index contributed by atoms with van der Waals surface area (Å²) in [5.41, 5.74) is 7.08. The monoisotopic (exact) mass is 289 g/mol. The molecule has 5 heteroatoms. The number of hydrogen-bond acceptors (Lipinski definition) is 4. The highest BCUT2D eigenvalue weighted by Crippen LogP contribution is 2.14. The molecule has 1 heterocycles. The Morgan fingerprint density at radius 2 is 2.10 bits per heavy atom. The standard InChI is InChI=1S/C15H19N3OS/c1-11-17-9-13(20-11)10-18(2)15(19)14(16)8-12-6-4-3-5-7-12/h3-7,9,14H,8,10,16H2,1-2H3/t14-/m1/s1. The van der Waals surface area contributed by atoms with Gasteiger partial charge in [-0.15, -0.1) is 11.3 Å². The summed E-state index contributed by atoms with van der Waals surface area (Å²) in [7, 11) is 1.78. The minimum absolute atomic E-state index is 0.0418. The lowest BCUT2D eigenvalue weighted by molar-refractivity contribution is -0.131. The second kappa shape index (κ2) is 6.63. The summed E-state index contributed by atoms with van der Waals surface area (Å²) >= 11 is 1.60. The van der Waals surface area contributed by atoms with Crippen molar-refractivity contribution in [2.45, 2.75) is 25.9 Å². The molecule has 2 rings (SSSR count). The summed E-state index contributed by atoms with van der Waals surface area (Å²) in [6.45, 7) is 2.52. The molecule has 0 unspecified atom stereocenters. The van der Waals surface area contributed by atoms with Gasteiger partial charge in [0.05, 0.1) is 17.6 Å². The van der Waals surface area contributed by atoms with Crippen molar-refractivity contribution in [3.05, 3.63) is 52.0 Å². The molecule has 0 aliphatic rings. The summed E-state index contributed by atoms with van der Waals surface area (Å²) in [6, 6.07) is 9.33. The number of likely N-dealkylation sites (N-methyl/N-ethyl adjacent to an activating group) is 1. The van der Waals surface area contributed by atoms with E-state index in [4.69, 9.17) is 5.73 Å². The number of rotatable bonds is 5. The van der Waals surface area contributed by atoms with Gasteiger partial charge in [-0.2, -0.15) is 0 Å². The van der Waals surface area contributed by atoms with Gasteiger partial charge in [0.2, 0.25) is 5.91 Å². The first-order valence-corrected chi connectivity index (χ1v) is 7.33. The van der Waals surface area contributed by atoms with E-state index in [1.54, 1.807) is 23.3 Å². The molecule has 1 aromatic heterocycles. The van der Waals surface area contributed by atoms with E-state index in [9.17, 15) is 4.79 Å². The molecule has 2 aromatic rings. The highest BCUT2D eigenvalue weighted by Gasteiger charge is 2.19. The third kappa shape index (κ3) is 3.88. The molecule has 0 saturated heterocycles. The van der Waals surface area contributed by atoms with Crippen molar-refractivity contribution in [1.29, 1.82) is 0 Å². The van der Waals surface area contributed by atoms with E-state index in [-0.39, 0.29) is 5.91 Å². The maximum atomic E-state index is 12.2. The largest absolute Gasteiger partial charge is 0.339 e. The highest BCUT2D eigenvalue weighted by molar-refractivity contribution is 7.11. The van der Waals surface area contributed by atoms with Gasteiger partial charge in [0.15, 0.2) is 0 Å². The van der Waals surface area contributed by atoms with E-state index in [1.165, 1.54) is 0 Å². The van der Waals surface area contributed by atoms with Gasteiger partial charge in [-0.1, -0.05) is 30.3 Å². The van der Waals surface area contributed by atoms with Gasteiger partial charge in [0.25, 0.3) is 0 Å². The first kappa shape index (κ1) is 14.7. The van der Waals surface area contributed by atoms with Crippen molar-refractivity contribution in [3.63, 3.8) is 0 Å². The quantitative estimate of drug-likeness (QED) is 0.915. The van der Waals surface area contributed by atoms with Crippen LogP contribution < -0.4 is 5.73 Å². The van der Waals surface area contributed by atoms with Gasteiger partial charge in [-0.3, -0.25) is 4.79 Å². The zero-order valence-corrected chi connectivity index (χ0v) is 12.6. The molecule has 1 aromatic carbocycles. The third-order valence-corrected chi connectivity index (χ3v) is 3.95. The molecule has 0 aliphatic carbocycles. The van der Waals surface area contributed by atoms with E-state index in [0.717, 1.165) is 15.4 Å². The van der Waals surface area contributed by atoms with Crippen LogP contribution in [0.4, 0.5) is 0 Å². The van der Waals surface area contributed by atoms with Crippen LogP contribution in [0.3, 0.4) is 0 Å². The van der Waals surface area contributed by atoms with Crippen molar-refractivity contribution < 1.29 is 4.79 Å². The molecular formula is C15H19N3OS. The Hall–Kier alpha value is -1.72. The van der Waals surface area contributed by atoms with Gasteiger partial charge >= 0.3 is 0 Å². The second-order valence-electron chi connectivity index (χ2n) is 4.84. The molecule has 1 atom stereocenters. The molecular weight excluding hydrogens is 270 g/mol. The fraction of sp³-hybridized carbons (Fsp3) is 0.333. The second-order valence-corrected chi connectivity index (χ2v) is 6.16. The number of aromatic nitrogens is 1. The summed E-state index contributed by atoms with van der Waals surface area (Å²) < 4.78 is 0. The molecule has 0 bridgehead atoms. The predicted molar refractivity (Wildman–Crippen MR) is 81.4 cm³/mol. The van der Waals surface area contributed by atoms with Crippen LogP contribution in [0.5, 0.6) is 0 Å². The van der Waals surface area contributed by atoms with E-state index >= 15 is 0 Å². The molecule has 4 nitrogen and oxygen atoms in total. The molecule has 1 amide bonds. The highest BCUT2D eigenvalue weighted by atomic mass is 32.1. The van der Waals surface area contributed by atoms with Crippen LogP contribution in [0.2, 0.25) is 0 Å². The Morgan fingerprint density at radius 1 is 1.40 bits per heavy atom. The van der Waals surface area contributed by atoms with Gasteiger partial charge in [0.1, 0.15) is 0 Å². The predicted octanol–water partition coefficient (Wildman–Crippen LogP) is 1.98. The number of benzene rings is 1. The van der Waals surface area contributed by atoms with Gasteiger partial charge in [-0.05, 0) is 18.9 Å². The van der Waals surface area contributed by atoms with Crippen LogP contribution in [0.15, 0.2) is 36.5 Å². The summed E-state index contributed by atoms with van der Waals surface area (Å²) in [6.07, 6.45) is 2.37. The van der Waals surface area contributed by atoms with Crippen molar-refractivity contribution in [2.24, 2.45) is 5.73 Å². The van der Waals surface area contributed by atoms with Crippen LogP contribution >= 0.6 is 11.3 Å². The molecule has 0 spiro atoms. The normalized spacial score (nSPS) is 12.2. The van der Waals surface area contributed by atoms with Crippen LogP contribution in [0.25, 0.3) is 0 Å². The zero-order chi connectivity index (χ0) is 14.5. The third-order valence-electron chi connectivity index (χ3n) is 3.05. The maximum Gasteiger partial charge on any atom is 0.239 e. The van der Waals surface area contributed by atoms with E-state index in [2.05, 4.69) is 4.98 Å². The zero-order valence-electron chi connectivity index (χ0n) is 11.7. The Balaban J connectivity index is 1.92. The summed E-state index contributed by atoms with van der Waals surface area (Å²) in [5, 5.41) is 1.01. The number of carbonyl (C=O) groups excluding carboxylic acids is 1. The van der Waals surface area contributed by atoms with Crippen LogP contribution in [0, 0.1) is 6.92 Å². The molecule has 0 radical (unpaired) electrons. The summed E-state index contributed by atoms with van der Waals surface area (Å²) in [5.74, 6) is -0.0418. The Kier molecular flexibility index (Phi) is 4.87. The van der Waals surface area contributed by atoms with E-state index < -0.39 is 6.04 Å². The SMILES string of the molecule is Cc1ncc(CN(C)C(=O)[C@H](N)Cc2ccccc2)s1. The van der Waals surface area contributed by atoms with Gasteiger partial charge in [-0.25, -0.2) is 4.98 Å². The average Bonchev–Trinajstić information content (AvgIpc) is 2.84. The van der Waals surface area contributed by atoms with Crippen LogP contribution in [0.1, 0.15) is 15.4 Å². The first-order valence-electron chi connectivity index (χ1n) is 6.52. The number of aryl methyl sites for hydroxylation is 1. The molecule has 2 N–H and O–H groups in total. The number of thiazole rings is 1. The molecule has 0 fully saturated rings. The molecule has 20 heavy (non-hydrogen) atoms. The van der Waals surface area contributed by atoms with Crippen molar-refractivity contribution in [1.82, 2.24) is 9.88 Å². The minimum atomic E-state index is -0.503. The summed E-state index contributed by atoms with van der Waals surface area (Å²) in [4.78, 5) is 19.2. The fourth-order valence-electron chi connectivity index (χ4n) is 2.03. The number of amides is 1. The maximum absolute atomic E-state index is 12.2. The smallest absolute Gasteiger partial charge is 0.239 e. The van der Waals surface area contributed by atoms with Gasteiger partial charge in [0, 0.05) is 18.1 Å². The minimum Gasteiger partial charge on any atom is -0.339 e. The van der Waals surface area contributed by atoms with E-state index in [1.807, 2.05) is 43.5 Å². The lowest BCUT2D eigenvalue weighted by Crippen LogP contribution is -2.42. The molecule has 0 saturated carbocycles. The Labute approximate surface area is 123 Å². The lowest BCUT2D eigenvalue weighted by Gasteiger charge is -2.20. The van der Waals surface area contributed by atoms with Crippen LogP contribution in [-0.2, 0) is 17.8 Å². The fourth-order valence-corrected chi connectivity index (χ4v) is 2.88. The lowest BCUT2D eigenvalue weighted by atomic mass is 10.1. The van der Waals surface area contributed by atoms with Gasteiger partial charge < -0.3 is 10.6 Å². The number of nitrogens with zero attached hydrogens (tertiary/aromatic N) is 2. The Bertz CT molecular complexity index is 568. The number of carbonyl (C=O) groups is 1. The van der Waals surface area contributed by atoms with Crippen molar-refractivity contribution >= 4 is 17.2 Å². The molecule has 106 valence electrons. The Morgan fingerprint density at radius 3 is 2.70 bits per heavy atom. The number of hydrogen-bond donors (Lipinski definition) is 1. The molecule has 0 aliphatic heterocycles. The first-order chi connectivity index (χ1) is 9.56. The topological polar surface area (TPSA) is 59.2 Å². The van der Waals surface area contributed by atoms with Crippen molar-refractivity contribution in [2.75, 3.05) is 7.05 Å². The number of nitrogens with two attached hydrogens (primary N) is 1. The van der Waals surface area contributed by atoms with Crippen LogP contribution in [-0.4, -0.2) is 28.9 Å². The average molecular weight is 289 g/mol. The van der Waals surface area contributed by atoms with E-state index in [0.29, 0.717) is 13.0 Å².